The number of hydrogen-bond acceptors (Lipinski definition) is 7. The van der Waals surface area contributed by atoms with E-state index in [0.29, 0.717) is 38.1 Å². The van der Waals surface area contributed by atoms with Gasteiger partial charge in [0.2, 0.25) is 5.91 Å². The maximum atomic E-state index is 13.5. The Morgan fingerprint density at radius 2 is 1.62 bits per heavy atom. The van der Waals surface area contributed by atoms with Crippen LogP contribution in [0.15, 0.2) is 60.8 Å². The third kappa shape index (κ3) is 9.67. The number of carbonyl (C=O) groups is 2. The summed E-state index contributed by atoms with van der Waals surface area (Å²) in [5.41, 5.74) is 21.8. The predicted molar refractivity (Wildman–Crippen MR) is 166 cm³/mol. The number of para-hydroxylation sites is 1. The highest BCUT2D eigenvalue weighted by molar-refractivity contribution is 7.79. The summed E-state index contributed by atoms with van der Waals surface area (Å²) >= 11 is 4.32. The molecule has 1 heterocycles. The van der Waals surface area contributed by atoms with E-state index in [4.69, 9.17) is 17.2 Å². The number of rotatable bonds is 17. The number of pyridine rings is 1. The van der Waals surface area contributed by atoms with E-state index < -0.39 is 12.1 Å². The van der Waals surface area contributed by atoms with Gasteiger partial charge in [-0.2, -0.15) is 12.6 Å². The molecule has 0 unspecified atom stereocenters. The van der Waals surface area contributed by atoms with Crippen molar-refractivity contribution in [2.75, 3.05) is 39.8 Å². The smallest absolute Gasteiger partial charge is 0.237 e. The highest BCUT2D eigenvalue weighted by Crippen LogP contribution is 2.16. The number of aromatic nitrogens is 1. The minimum absolute atomic E-state index is 0.0558. The monoisotopic (exact) mass is 565 g/mol. The van der Waals surface area contributed by atoms with Gasteiger partial charge >= 0.3 is 0 Å². The summed E-state index contributed by atoms with van der Waals surface area (Å²) in [7, 11) is 2.13. The second-order valence-electron chi connectivity index (χ2n) is 10.9. The first-order chi connectivity index (χ1) is 19.3. The van der Waals surface area contributed by atoms with Gasteiger partial charge in [-0.25, -0.2) is 0 Å². The van der Waals surface area contributed by atoms with E-state index in [1.54, 1.807) is 6.20 Å². The van der Waals surface area contributed by atoms with Crippen LogP contribution in [0.5, 0.6) is 0 Å². The molecule has 0 bridgehead atoms. The van der Waals surface area contributed by atoms with Gasteiger partial charge in [-0.3, -0.25) is 14.6 Å². The fourth-order valence-electron chi connectivity index (χ4n) is 5.04. The van der Waals surface area contributed by atoms with Crippen LogP contribution in [-0.2, 0) is 28.2 Å². The second kappa shape index (κ2) is 15.8. The fraction of sp³-hybridized carbons (Fsp3) is 0.452. The van der Waals surface area contributed by atoms with Crippen LogP contribution in [0.25, 0.3) is 10.9 Å². The first-order valence-electron chi connectivity index (χ1n) is 14.1. The van der Waals surface area contributed by atoms with Crippen molar-refractivity contribution in [3.8, 4) is 0 Å². The number of fused-ring (bicyclic) bond motifs is 1. The molecule has 0 fully saturated rings. The molecule has 0 saturated heterocycles. The number of quaternary nitrogens is 1. The van der Waals surface area contributed by atoms with Crippen LogP contribution < -0.4 is 22.5 Å². The molecule has 3 aromatic rings. The molecule has 2 atom stereocenters. The van der Waals surface area contributed by atoms with Crippen LogP contribution in [0.2, 0.25) is 0 Å². The highest BCUT2D eigenvalue weighted by Gasteiger charge is 2.25. The zero-order chi connectivity index (χ0) is 29.0. The molecule has 1 aromatic heterocycles. The third-order valence-corrected chi connectivity index (χ3v) is 7.91. The normalized spacial score (nSPS) is 13.2. The number of likely N-dealkylation sites (N-methyl/N-ethyl adjacent to an activating group) is 1. The van der Waals surface area contributed by atoms with E-state index in [-0.39, 0.29) is 18.1 Å². The Bertz CT molecular complexity index is 1230. The lowest BCUT2D eigenvalue weighted by atomic mass is 9.97. The van der Waals surface area contributed by atoms with Crippen LogP contribution in [0, 0.1) is 0 Å². The number of nitrogens with one attached hydrogen (secondary N) is 1. The molecule has 0 aliphatic rings. The molecular formula is C31H45N6O2S+. The number of carbonyl (C=O) groups excluding carboxylic acids is 2. The molecule has 7 N–H and O–H groups in total. The molecule has 3 rings (SSSR count). The number of amides is 1. The van der Waals surface area contributed by atoms with Gasteiger partial charge in [0.25, 0.3) is 0 Å². The maximum absolute atomic E-state index is 13.5. The van der Waals surface area contributed by atoms with E-state index in [1.165, 1.54) is 0 Å². The summed E-state index contributed by atoms with van der Waals surface area (Å²) in [5.74, 6) is 0.318. The third-order valence-electron chi connectivity index (χ3n) is 7.55. The average Bonchev–Trinajstić information content (AvgIpc) is 2.95. The summed E-state index contributed by atoms with van der Waals surface area (Å²) in [6.07, 6.45) is 4.35. The summed E-state index contributed by atoms with van der Waals surface area (Å²) in [6, 6.07) is 16.6. The predicted octanol–water partition coefficient (Wildman–Crippen LogP) is 2.37. The summed E-state index contributed by atoms with van der Waals surface area (Å²) in [4.78, 5) is 31.1. The van der Waals surface area contributed by atoms with Crippen molar-refractivity contribution < 1.29 is 14.1 Å². The van der Waals surface area contributed by atoms with Crippen molar-refractivity contribution in [3.63, 3.8) is 0 Å². The number of nitrogens with zero attached hydrogens (tertiary/aromatic N) is 2. The van der Waals surface area contributed by atoms with E-state index >= 15 is 0 Å². The first-order valence-corrected chi connectivity index (χ1v) is 14.7. The Hall–Kier alpha value is -2.82. The molecule has 1 amide bonds. The number of Topliss-reactive ketones (excluding diaryl/α,β-unsaturated/α-hetero) is 1. The minimum atomic E-state index is -0.698. The topological polar surface area (TPSA) is 137 Å². The number of aryl methyl sites for hydroxylation is 1. The Morgan fingerprint density at radius 3 is 2.30 bits per heavy atom. The average molecular weight is 566 g/mol. The van der Waals surface area contributed by atoms with Crippen LogP contribution in [0.1, 0.15) is 36.0 Å². The molecule has 9 heteroatoms. The van der Waals surface area contributed by atoms with Crippen LogP contribution >= 0.6 is 12.6 Å². The Labute approximate surface area is 243 Å². The fourth-order valence-corrected chi connectivity index (χ4v) is 5.25. The minimum Gasteiger partial charge on any atom is -0.345 e. The number of benzene rings is 2. The van der Waals surface area contributed by atoms with Crippen molar-refractivity contribution in [1.29, 1.82) is 0 Å². The molecule has 0 aliphatic heterocycles. The van der Waals surface area contributed by atoms with Crippen LogP contribution in [0.4, 0.5) is 0 Å². The molecule has 2 aromatic carbocycles. The van der Waals surface area contributed by atoms with Gasteiger partial charge in [0.15, 0.2) is 5.78 Å². The quantitative estimate of drug-likeness (QED) is 0.126. The molecule has 216 valence electrons. The molecule has 0 spiro atoms. The number of hydrogen-bond donors (Lipinski definition) is 5. The van der Waals surface area contributed by atoms with Crippen molar-refractivity contribution in [3.05, 3.63) is 77.5 Å². The van der Waals surface area contributed by atoms with Gasteiger partial charge in [0, 0.05) is 36.8 Å². The Balaban J connectivity index is 1.66. The largest absolute Gasteiger partial charge is 0.345 e. The first kappa shape index (κ1) is 31.7. The van der Waals surface area contributed by atoms with Gasteiger partial charge < -0.3 is 27.0 Å². The number of thiol groups is 1. The summed E-state index contributed by atoms with van der Waals surface area (Å²) in [5, 5.41) is 3.95. The lowest BCUT2D eigenvalue weighted by molar-refractivity contribution is -0.907. The van der Waals surface area contributed by atoms with Crippen LogP contribution in [-0.4, -0.2) is 73.0 Å². The van der Waals surface area contributed by atoms with E-state index in [1.807, 2.05) is 54.6 Å². The van der Waals surface area contributed by atoms with E-state index in [0.717, 1.165) is 58.1 Å². The maximum Gasteiger partial charge on any atom is 0.237 e. The SMILES string of the molecule is C[N+](CCN)(CCN)CCC[C@H](N)C(=O)N[C@H](CCc1ccc(CS)cc1)C(=O)Cc1cnc2ccccc2c1. The lowest BCUT2D eigenvalue weighted by Crippen LogP contribution is -2.52. The Kier molecular flexibility index (Phi) is 12.5. The summed E-state index contributed by atoms with van der Waals surface area (Å²) in [6.45, 7) is 3.66. The van der Waals surface area contributed by atoms with Crippen molar-refractivity contribution in [1.82, 2.24) is 10.3 Å². The molecular weight excluding hydrogens is 520 g/mol. The summed E-state index contributed by atoms with van der Waals surface area (Å²) < 4.78 is 0.758. The Morgan fingerprint density at radius 1 is 0.950 bits per heavy atom. The molecule has 0 radical (unpaired) electrons. The highest BCUT2D eigenvalue weighted by atomic mass is 32.1. The van der Waals surface area contributed by atoms with Crippen molar-refractivity contribution in [2.24, 2.45) is 17.2 Å². The second-order valence-corrected chi connectivity index (χ2v) is 11.2. The zero-order valence-electron chi connectivity index (χ0n) is 23.6. The number of nitrogens with two attached hydrogens (primary N) is 3. The molecule has 0 aliphatic carbocycles. The van der Waals surface area contributed by atoms with Gasteiger partial charge in [0.05, 0.1) is 44.3 Å². The van der Waals surface area contributed by atoms with E-state index in [2.05, 4.69) is 30.0 Å². The van der Waals surface area contributed by atoms with Crippen LogP contribution in [0.3, 0.4) is 0 Å². The van der Waals surface area contributed by atoms with Gasteiger partial charge in [-0.15, -0.1) is 0 Å². The van der Waals surface area contributed by atoms with Crippen molar-refractivity contribution >= 4 is 35.2 Å². The lowest BCUT2D eigenvalue weighted by Gasteiger charge is -2.34. The zero-order valence-corrected chi connectivity index (χ0v) is 24.5. The number of ketones is 1. The van der Waals surface area contributed by atoms with Gasteiger partial charge in [-0.1, -0.05) is 42.5 Å². The molecule has 40 heavy (non-hydrogen) atoms. The molecule has 0 saturated carbocycles. The van der Waals surface area contributed by atoms with Gasteiger partial charge in [0.1, 0.15) is 0 Å². The molecule has 8 nitrogen and oxygen atoms in total. The van der Waals surface area contributed by atoms with Gasteiger partial charge in [-0.05, 0) is 54.5 Å². The standard InChI is InChI=1S/C31H44N6O2S/c1-37(17-14-32,18-15-33)16-4-6-27(34)31(39)36-29(13-12-23-8-10-24(22-40)11-9-23)30(38)20-25-19-26-5-2-3-7-28(26)35-21-25/h2-3,5,7-11,19,21,27,29H,4,6,12-18,20,22,32-34H2,1H3,(H-,36,39,40)/p+1/t27-,29+/m0/s1. The van der Waals surface area contributed by atoms with E-state index in [9.17, 15) is 9.59 Å². The van der Waals surface area contributed by atoms with Crippen molar-refractivity contribution in [2.45, 2.75) is 49.9 Å².